The number of para-hydroxylation sites is 1. The summed E-state index contributed by atoms with van der Waals surface area (Å²) >= 11 is 0. The number of carbonyl (C=O) groups excluding carboxylic acids is 2. The van der Waals surface area contributed by atoms with Crippen LogP contribution < -0.4 is 0 Å². The minimum Gasteiger partial charge on any atom is -0.502 e. The van der Waals surface area contributed by atoms with Crippen LogP contribution in [0.5, 0.6) is 5.75 Å². The highest BCUT2D eigenvalue weighted by atomic mass is 16.6. The summed E-state index contributed by atoms with van der Waals surface area (Å²) in [6, 6.07) is 11.0. The van der Waals surface area contributed by atoms with Crippen LogP contribution in [0.3, 0.4) is 0 Å². The lowest BCUT2D eigenvalue weighted by Gasteiger charge is -2.07. The van der Waals surface area contributed by atoms with E-state index in [1.165, 1.54) is 16.8 Å². The molecule has 0 spiro atoms. The average Bonchev–Trinajstić information content (AvgIpc) is 3.14. The maximum absolute atomic E-state index is 12.6. The van der Waals surface area contributed by atoms with Crippen molar-refractivity contribution in [3.8, 4) is 22.7 Å². The Labute approximate surface area is 170 Å². The molecule has 1 N–H and O–H groups in total. The van der Waals surface area contributed by atoms with E-state index in [0.29, 0.717) is 11.3 Å². The predicted octanol–water partition coefficient (Wildman–Crippen LogP) is 3.03. The van der Waals surface area contributed by atoms with E-state index in [0.717, 1.165) is 14.2 Å². The highest BCUT2D eigenvalue weighted by Crippen LogP contribution is 2.40. The summed E-state index contributed by atoms with van der Waals surface area (Å²) in [5.41, 5.74) is -0.473. The zero-order valence-electron chi connectivity index (χ0n) is 16.3. The SMILES string of the molecule is COC(=O)c1c(-c2cc(C)cc([N+](=O)[O-])c2O)nn(-c2ccccc2)c1C(=O)OC. The summed E-state index contributed by atoms with van der Waals surface area (Å²) in [4.78, 5) is 35.8. The number of aromatic hydroxyl groups is 1. The van der Waals surface area contributed by atoms with Crippen molar-refractivity contribution in [3.05, 3.63) is 69.4 Å². The summed E-state index contributed by atoms with van der Waals surface area (Å²) in [5, 5.41) is 26.2. The van der Waals surface area contributed by atoms with E-state index in [1.54, 1.807) is 37.3 Å². The lowest BCUT2D eigenvalue weighted by Crippen LogP contribution is -2.15. The van der Waals surface area contributed by atoms with Gasteiger partial charge in [-0.2, -0.15) is 5.10 Å². The second-order valence-electron chi connectivity index (χ2n) is 6.24. The molecule has 0 saturated carbocycles. The van der Waals surface area contributed by atoms with Crippen LogP contribution in [-0.4, -0.2) is 46.0 Å². The quantitative estimate of drug-likeness (QED) is 0.385. The molecule has 10 nitrogen and oxygen atoms in total. The first-order chi connectivity index (χ1) is 14.3. The first-order valence-corrected chi connectivity index (χ1v) is 8.63. The number of esters is 2. The topological polar surface area (TPSA) is 134 Å². The van der Waals surface area contributed by atoms with Gasteiger partial charge in [-0.3, -0.25) is 10.1 Å². The van der Waals surface area contributed by atoms with Crippen LogP contribution in [0.25, 0.3) is 16.9 Å². The van der Waals surface area contributed by atoms with Crippen LogP contribution in [0.1, 0.15) is 26.4 Å². The molecule has 0 fully saturated rings. The Kier molecular flexibility index (Phi) is 5.50. The van der Waals surface area contributed by atoms with E-state index in [2.05, 4.69) is 5.10 Å². The van der Waals surface area contributed by atoms with Crippen molar-refractivity contribution in [1.29, 1.82) is 0 Å². The number of hydrogen-bond donors (Lipinski definition) is 1. The molecule has 154 valence electrons. The number of benzene rings is 2. The molecule has 0 bridgehead atoms. The van der Waals surface area contributed by atoms with Gasteiger partial charge in [0.05, 0.1) is 30.4 Å². The number of phenols is 1. The molecule has 1 aromatic heterocycles. The van der Waals surface area contributed by atoms with Crippen LogP contribution in [0.15, 0.2) is 42.5 Å². The molecule has 3 aromatic rings. The summed E-state index contributed by atoms with van der Waals surface area (Å²) in [7, 11) is 2.26. The number of aryl methyl sites for hydroxylation is 1. The van der Waals surface area contributed by atoms with E-state index < -0.39 is 28.3 Å². The standard InChI is InChI=1S/C20H17N3O7/c1-11-9-13(18(24)14(10-11)23(27)28)16-15(19(25)29-2)17(20(26)30-3)22(21-16)12-7-5-4-6-8-12/h4-10,24H,1-3H3. The van der Waals surface area contributed by atoms with Gasteiger partial charge in [-0.1, -0.05) is 18.2 Å². The molecular weight excluding hydrogens is 394 g/mol. The number of rotatable bonds is 5. The minimum atomic E-state index is -0.920. The summed E-state index contributed by atoms with van der Waals surface area (Å²) in [5.74, 6) is -2.49. The molecule has 0 radical (unpaired) electrons. The first kappa shape index (κ1) is 20.5. The van der Waals surface area contributed by atoms with E-state index in [4.69, 9.17) is 9.47 Å². The second kappa shape index (κ2) is 8.03. The Hall–Kier alpha value is -4.21. The first-order valence-electron chi connectivity index (χ1n) is 8.63. The van der Waals surface area contributed by atoms with Crippen LogP contribution >= 0.6 is 0 Å². The van der Waals surface area contributed by atoms with Gasteiger partial charge in [0.2, 0.25) is 5.75 Å². The third-order valence-corrected chi connectivity index (χ3v) is 4.34. The molecule has 0 saturated heterocycles. The van der Waals surface area contributed by atoms with Crippen molar-refractivity contribution >= 4 is 17.6 Å². The molecule has 3 rings (SSSR count). The number of hydrogen-bond acceptors (Lipinski definition) is 8. The monoisotopic (exact) mass is 411 g/mol. The van der Waals surface area contributed by atoms with E-state index in [1.807, 2.05) is 0 Å². The van der Waals surface area contributed by atoms with Gasteiger partial charge in [0.25, 0.3) is 0 Å². The lowest BCUT2D eigenvalue weighted by molar-refractivity contribution is -0.385. The second-order valence-corrected chi connectivity index (χ2v) is 6.24. The third kappa shape index (κ3) is 3.46. The van der Waals surface area contributed by atoms with Gasteiger partial charge in [-0.25, -0.2) is 14.3 Å². The molecule has 0 atom stereocenters. The number of phenolic OH excluding ortho intramolecular Hbond substituents is 1. The molecule has 0 aliphatic carbocycles. The Balaban J connectivity index is 2.44. The molecular formula is C20H17N3O7. The van der Waals surface area contributed by atoms with Crippen LogP contribution in [-0.2, 0) is 9.47 Å². The van der Waals surface area contributed by atoms with Crippen molar-refractivity contribution in [2.45, 2.75) is 6.92 Å². The summed E-state index contributed by atoms with van der Waals surface area (Å²) in [6.07, 6.45) is 0. The number of carbonyl (C=O) groups is 2. The number of methoxy groups -OCH3 is 2. The van der Waals surface area contributed by atoms with E-state index >= 15 is 0 Å². The van der Waals surface area contributed by atoms with Crippen LogP contribution in [0.2, 0.25) is 0 Å². The van der Waals surface area contributed by atoms with Crippen LogP contribution in [0.4, 0.5) is 5.69 Å². The fourth-order valence-electron chi connectivity index (χ4n) is 3.02. The number of nitro benzene ring substituents is 1. The van der Waals surface area contributed by atoms with Crippen molar-refractivity contribution in [2.24, 2.45) is 0 Å². The van der Waals surface area contributed by atoms with Crippen LogP contribution in [0, 0.1) is 17.0 Å². The number of ether oxygens (including phenoxy) is 2. The van der Waals surface area contributed by atoms with Gasteiger partial charge in [0.1, 0.15) is 11.3 Å². The zero-order chi connectivity index (χ0) is 22.0. The number of nitrogens with zero attached hydrogens (tertiary/aromatic N) is 3. The normalized spacial score (nSPS) is 10.5. The predicted molar refractivity (Wildman–Crippen MR) is 105 cm³/mol. The van der Waals surface area contributed by atoms with Gasteiger partial charge in [0, 0.05) is 6.07 Å². The smallest absolute Gasteiger partial charge is 0.357 e. The average molecular weight is 411 g/mol. The van der Waals surface area contributed by atoms with Crippen molar-refractivity contribution in [2.75, 3.05) is 14.2 Å². The Morgan fingerprint density at radius 1 is 1.10 bits per heavy atom. The molecule has 30 heavy (non-hydrogen) atoms. The van der Waals surface area contributed by atoms with Crippen molar-refractivity contribution in [1.82, 2.24) is 9.78 Å². The van der Waals surface area contributed by atoms with E-state index in [9.17, 15) is 24.8 Å². The number of aromatic nitrogens is 2. The van der Waals surface area contributed by atoms with Gasteiger partial charge in [-0.15, -0.1) is 0 Å². The largest absolute Gasteiger partial charge is 0.502 e. The van der Waals surface area contributed by atoms with E-state index in [-0.39, 0.29) is 22.5 Å². The molecule has 2 aromatic carbocycles. The number of nitro groups is 1. The Morgan fingerprint density at radius 3 is 2.30 bits per heavy atom. The highest BCUT2D eigenvalue weighted by molar-refractivity contribution is 6.07. The van der Waals surface area contributed by atoms with Gasteiger partial charge in [0.15, 0.2) is 5.69 Å². The van der Waals surface area contributed by atoms with Crippen molar-refractivity contribution < 1.29 is 29.1 Å². The fourth-order valence-corrected chi connectivity index (χ4v) is 3.02. The maximum atomic E-state index is 12.6. The van der Waals surface area contributed by atoms with Gasteiger partial charge >= 0.3 is 17.6 Å². The molecule has 0 aliphatic heterocycles. The molecule has 0 aliphatic rings. The Bertz CT molecular complexity index is 1150. The minimum absolute atomic E-state index is 0.0954. The fraction of sp³-hybridized carbons (Fsp3) is 0.150. The molecule has 10 heteroatoms. The zero-order valence-corrected chi connectivity index (χ0v) is 16.3. The maximum Gasteiger partial charge on any atom is 0.357 e. The molecule has 0 amide bonds. The Morgan fingerprint density at radius 2 is 1.73 bits per heavy atom. The molecule has 1 heterocycles. The van der Waals surface area contributed by atoms with Gasteiger partial charge in [-0.05, 0) is 30.7 Å². The van der Waals surface area contributed by atoms with Gasteiger partial charge < -0.3 is 14.6 Å². The third-order valence-electron chi connectivity index (χ3n) is 4.34. The summed E-state index contributed by atoms with van der Waals surface area (Å²) in [6.45, 7) is 1.59. The van der Waals surface area contributed by atoms with Crippen molar-refractivity contribution in [3.63, 3.8) is 0 Å². The molecule has 0 unspecified atom stereocenters. The highest BCUT2D eigenvalue weighted by Gasteiger charge is 2.33. The summed E-state index contributed by atoms with van der Waals surface area (Å²) < 4.78 is 10.8. The lowest BCUT2D eigenvalue weighted by atomic mass is 10.0.